The normalized spacial score (nSPS) is 14.9. The molecule has 0 rings (SSSR count). The maximum atomic E-state index is 10.5. The molecule has 0 radical (unpaired) electrons. The third-order valence-corrected chi connectivity index (χ3v) is 3.40. The fourth-order valence-corrected chi connectivity index (χ4v) is 2.23. The van der Waals surface area contributed by atoms with Crippen LogP contribution in [-0.2, 0) is 4.79 Å². The van der Waals surface area contributed by atoms with Crippen LogP contribution in [0, 0.1) is 17.8 Å². The maximum absolute atomic E-state index is 10.5. The van der Waals surface area contributed by atoms with Crippen molar-refractivity contribution in [3.05, 3.63) is 0 Å². The lowest BCUT2D eigenvalue weighted by atomic mass is 9.93. The summed E-state index contributed by atoms with van der Waals surface area (Å²) in [6, 6.07) is 0. The number of aliphatic carboxylic acids is 1. The predicted octanol–water partition coefficient (Wildman–Crippen LogP) is 4.73. The first-order chi connectivity index (χ1) is 7.91. The van der Waals surface area contributed by atoms with Gasteiger partial charge in [-0.1, -0.05) is 66.2 Å². The molecule has 0 amide bonds. The lowest BCUT2D eigenvalue weighted by Crippen LogP contribution is -2.05. The van der Waals surface area contributed by atoms with E-state index >= 15 is 0 Å². The van der Waals surface area contributed by atoms with E-state index in [1.54, 1.807) is 0 Å². The summed E-state index contributed by atoms with van der Waals surface area (Å²) in [6.07, 6.45) is 7.80. The van der Waals surface area contributed by atoms with Crippen LogP contribution in [0.15, 0.2) is 0 Å². The quantitative estimate of drug-likeness (QED) is 0.601. The van der Waals surface area contributed by atoms with Gasteiger partial charge in [-0.25, -0.2) is 0 Å². The van der Waals surface area contributed by atoms with Crippen molar-refractivity contribution < 1.29 is 9.90 Å². The van der Waals surface area contributed by atoms with Crippen molar-refractivity contribution in [1.29, 1.82) is 0 Å². The van der Waals surface area contributed by atoms with E-state index in [0.29, 0.717) is 12.3 Å². The molecule has 0 saturated heterocycles. The fourth-order valence-electron chi connectivity index (χ4n) is 2.23. The van der Waals surface area contributed by atoms with Crippen LogP contribution >= 0.6 is 0 Å². The van der Waals surface area contributed by atoms with Gasteiger partial charge in [0.25, 0.3) is 0 Å². The Morgan fingerprint density at radius 1 is 0.882 bits per heavy atom. The molecular weight excluding hydrogens is 212 g/mol. The van der Waals surface area contributed by atoms with Crippen molar-refractivity contribution in [1.82, 2.24) is 0 Å². The van der Waals surface area contributed by atoms with Crippen LogP contribution in [0.1, 0.15) is 72.6 Å². The van der Waals surface area contributed by atoms with E-state index in [2.05, 4.69) is 20.8 Å². The number of carboxylic acid groups (broad SMARTS) is 1. The third kappa shape index (κ3) is 11.7. The lowest BCUT2D eigenvalue weighted by Gasteiger charge is -2.13. The van der Waals surface area contributed by atoms with Crippen molar-refractivity contribution >= 4 is 5.97 Å². The SMILES string of the molecule is CC(C)CCCC(C)CCC[C@H](C)CC(=O)O. The zero-order valence-electron chi connectivity index (χ0n) is 12.0. The molecule has 0 bridgehead atoms. The largest absolute Gasteiger partial charge is 0.481 e. The Labute approximate surface area is 107 Å². The number of hydrogen-bond acceptors (Lipinski definition) is 1. The van der Waals surface area contributed by atoms with Crippen molar-refractivity contribution in [3.8, 4) is 0 Å². The molecule has 0 fully saturated rings. The van der Waals surface area contributed by atoms with E-state index in [4.69, 9.17) is 5.11 Å². The molecule has 0 heterocycles. The minimum atomic E-state index is -0.664. The van der Waals surface area contributed by atoms with Crippen LogP contribution in [0.3, 0.4) is 0 Å². The van der Waals surface area contributed by atoms with Gasteiger partial charge >= 0.3 is 5.97 Å². The highest BCUT2D eigenvalue weighted by Crippen LogP contribution is 2.20. The summed E-state index contributed by atoms with van der Waals surface area (Å²) >= 11 is 0. The van der Waals surface area contributed by atoms with E-state index in [1.807, 2.05) is 6.92 Å². The number of carbonyl (C=O) groups is 1. The molecule has 0 aromatic heterocycles. The van der Waals surface area contributed by atoms with Gasteiger partial charge in [0.1, 0.15) is 0 Å². The molecule has 1 unspecified atom stereocenters. The van der Waals surface area contributed by atoms with Crippen LogP contribution in [0.5, 0.6) is 0 Å². The molecular formula is C15H30O2. The minimum absolute atomic E-state index is 0.321. The Balaban J connectivity index is 3.44. The predicted molar refractivity (Wildman–Crippen MR) is 73.1 cm³/mol. The van der Waals surface area contributed by atoms with Crippen molar-refractivity contribution in [2.24, 2.45) is 17.8 Å². The summed E-state index contributed by atoms with van der Waals surface area (Å²) in [4.78, 5) is 10.5. The van der Waals surface area contributed by atoms with E-state index < -0.39 is 5.97 Å². The molecule has 0 saturated carbocycles. The van der Waals surface area contributed by atoms with Gasteiger partial charge in [-0.2, -0.15) is 0 Å². The fraction of sp³-hybridized carbons (Fsp3) is 0.933. The van der Waals surface area contributed by atoms with Gasteiger partial charge in [-0.05, 0) is 17.8 Å². The van der Waals surface area contributed by atoms with Crippen molar-refractivity contribution in [3.63, 3.8) is 0 Å². The molecule has 0 aromatic rings. The van der Waals surface area contributed by atoms with Crippen molar-refractivity contribution in [2.75, 3.05) is 0 Å². The monoisotopic (exact) mass is 242 g/mol. The average molecular weight is 242 g/mol. The van der Waals surface area contributed by atoms with Gasteiger partial charge in [-0.15, -0.1) is 0 Å². The van der Waals surface area contributed by atoms with E-state index in [-0.39, 0.29) is 0 Å². The van der Waals surface area contributed by atoms with E-state index in [0.717, 1.165) is 18.3 Å². The Morgan fingerprint density at radius 2 is 1.35 bits per heavy atom. The molecule has 2 atom stereocenters. The van der Waals surface area contributed by atoms with Crippen LogP contribution in [0.4, 0.5) is 0 Å². The summed E-state index contributed by atoms with van der Waals surface area (Å²) in [5.74, 6) is 1.28. The Morgan fingerprint density at radius 3 is 1.82 bits per heavy atom. The summed E-state index contributed by atoms with van der Waals surface area (Å²) in [7, 11) is 0. The Hall–Kier alpha value is -0.530. The number of hydrogen-bond donors (Lipinski definition) is 1. The number of carboxylic acids is 1. The van der Waals surface area contributed by atoms with Crippen LogP contribution in [0.2, 0.25) is 0 Å². The summed E-state index contributed by atoms with van der Waals surface area (Å²) < 4.78 is 0. The minimum Gasteiger partial charge on any atom is -0.481 e. The molecule has 2 nitrogen and oxygen atoms in total. The van der Waals surface area contributed by atoms with Crippen LogP contribution in [-0.4, -0.2) is 11.1 Å². The average Bonchev–Trinajstić information content (AvgIpc) is 2.15. The third-order valence-electron chi connectivity index (χ3n) is 3.40. The zero-order valence-corrected chi connectivity index (χ0v) is 12.0. The first-order valence-electron chi connectivity index (χ1n) is 7.13. The molecule has 0 aliphatic carbocycles. The van der Waals surface area contributed by atoms with Gasteiger partial charge in [0.2, 0.25) is 0 Å². The number of rotatable bonds is 10. The topological polar surface area (TPSA) is 37.3 Å². The highest BCUT2D eigenvalue weighted by Gasteiger charge is 2.09. The molecule has 2 heteroatoms. The Kier molecular flexibility index (Phi) is 9.20. The first kappa shape index (κ1) is 16.5. The van der Waals surface area contributed by atoms with Gasteiger partial charge in [0, 0.05) is 6.42 Å². The van der Waals surface area contributed by atoms with Gasteiger partial charge in [-0.3, -0.25) is 4.79 Å². The maximum Gasteiger partial charge on any atom is 0.303 e. The molecule has 17 heavy (non-hydrogen) atoms. The standard InChI is InChI=1S/C15H30O2/c1-12(2)7-5-8-13(3)9-6-10-14(4)11-15(16)17/h12-14H,5-11H2,1-4H3,(H,16,17)/t13?,14-/m0/s1. The first-order valence-corrected chi connectivity index (χ1v) is 7.13. The van der Waals surface area contributed by atoms with E-state index in [9.17, 15) is 4.79 Å². The highest BCUT2D eigenvalue weighted by atomic mass is 16.4. The smallest absolute Gasteiger partial charge is 0.303 e. The van der Waals surface area contributed by atoms with Gasteiger partial charge in [0.15, 0.2) is 0 Å². The Bertz CT molecular complexity index is 199. The van der Waals surface area contributed by atoms with Crippen molar-refractivity contribution in [2.45, 2.75) is 72.6 Å². The van der Waals surface area contributed by atoms with Crippen LogP contribution < -0.4 is 0 Å². The molecule has 0 aromatic carbocycles. The summed E-state index contributed by atoms with van der Waals surface area (Å²) in [5, 5.41) is 8.66. The van der Waals surface area contributed by atoms with E-state index in [1.165, 1.54) is 32.1 Å². The highest BCUT2D eigenvalue weighted by molar-refractivity contribution is 5.66. The van der Waals surface area contributed by atoms with Gasteiger partial charge < -0.3 is 5.11 Å². The molecule has 0 spiro atoms. The molecule has 102 valence electrons. The second-order valence-corrected chi connectivity index (χ2v) is 6.06. The molecule has 1 N–H and O–H groups in total. The van der Waals surface area contributed by atoms with Crippen LogP contribution in [0.25, 0.3) is 0 Å². The summed E-state index contributed by atoms with van der Waals surface area (Å²) in [5.41, 5.74) is 0. The zero-order chi connectivity index (χ0) is 13.3. The molecule has 0 aliphatic heterocycles. The second-order valence-electron chi connectivity index (χ2n) is 6.06. The van der Waals surface area contributed by atoms with Gasteiger partial charge in [0.05, 0.1) is 0 Å². The second kappa shape index (κ2) is 9.49. The molecule has 0 aliphatic rings. The summed E-state index contributed by atoms with van der Waals surface area (Å²) in [6.45, 7) is 8.91. The lowest BCUT2D eigenvalue weighted by molar-refractivity contribution is -0.138.